The van der Waals surface area contributed by atoms with Crippen molar-refractivity contribution in [2.45, 2.75) is 19.5 Å². The van der Waals surface area contributed by atoms with Crippen molar-refractivity contribution >= 4 is 34.4 Å². The van der Waals surface area contributed by atoms with Crippen LogP contribution >= 0.6 is 11.6 Å². The van der Waals surface area contributed by atoms with Crippen molar-refractivity contribution in [2.75, 3.05) is 23.5 Å². The van der Waals surface area contributed by atoms with Crippen molar-refractivity contribution in [1.82, 2.24) is 14.8 Å². The molecule has 0 saturated heterocycles. The Labute approximate surface area is 162 Å². The lowest BCUT2D eigenvalue weighted by molar-refractivity contribution is -0.129. The molecule has 0 aliphatic heterocycles. The van der Waals surface area contributed by atoms with E-state index in [4.69, 9.17) is 11.6 Å². The van der Waals surface area contributed by atoms with Gasteiger partial charge in [-0.15, -0.1) is 0 Å². The molecule has 0 spiro atoms. The van der Waals surface area contributed by atoms with E-state index in [-0.39, 0.29) is 10.9 Å². The average Bonchev–Trinajstić information content (AvgIpc) is 3.00. The fourth-order valence-electron chi connectivity index (χ4n) is 2.30. The minimum Gasteiger partial charge on any atom is -0.616 e. The molecule has 2 aromatic heterocycles. The Hall–Kier alpha value is -1.78. The third kappa shape index (κ3) is 6.12. The number of carbonyl (C=O) groups is 1. The standard InChI is InChI=1S/C16H18ClF3N4O2S/c1-11(10-27(26)7-5-16(18,19)20)15(25)23(2)13-9-24(22-14(13)17)12-4-3-6-21-8-12/h3-4,6,8-9,11H,5,7,10H2,1-2H3. The molecule has 0 N–H and O–H groups in total. The van der Waals surface area contributed by atoms with Crippen LogP contribution in [-0.2, 0) is 16.0 Å². The molecule has 2 rings (SSSR count). The van der Waals surface area contributed by atoms with Gasteiger partial charge in [-0.25, -0.2) is 4.68 Å². The zero-order chi connectivity index (χ0) is 20.2. The molecule has 11 heteroatoms. The first-order valence-electron chi connectivity index (χ1n) is 7.93. The lowest BCUT2D eigenvalue weighted by Gasteiger charge is -2.21. The maximum atomic E-state index is 12.5. The van der Waals surface area contributed by atoms with Gasteiger partial charge in [-0.2, -0.15) is 18.3 Å². The fourth-order valence-corrected chi connectivity index (χ4v) is 3.89. The molecule has 0 radical (unpaired) electrons. The van der Waals surface area contributed by atoms with Gasteiger partial charge in [0, 0.05) is 13.2 Å². The van der Waals surface area contributed by atoms with Crippen LogP contribution in [0.3, 0.4) is 0 Å². The molecule has 6 nitrogen and oxygen atoms in total. The Balaban J connectivity index is 2.03. The molecule has 0 bridgehead atoms. The van der Waals surface area contributed by atoms with E-state index < -0.39 is 41.4 Å². The number of alkyl halides is 3. The second-order valence-corrected chi connectivity index (χ2v) is 7.91. The number of halogens is 4. The largest absolute Gasteiger partial charge is 0.616 e. The zero-order valence-electron chi connectivity index (χ0n) is 14.6. The number of amides is 1. The summed E-state index contributed by atoms with van der Waals surface area (Å²) in [4.78, 5) is 17.8. The topological polar surface area (TPSA) is 74.1 Å². The molecule has 2 heterocycles. The quantitative estimate of drug-likeness (QED) is 0.642. The number of aromatic nitrogens is 3. The van der Waals surface area contributed by atoms with Gasteiger partial charge < -0.3 is 9.45 Å². The number of hydrogen-bond acceptors (Lipinski definition) is 4. The SMILES string of the molecule is CC(C[S+]([O-])CCC(F)(F)F)C(=O)N(C)c1cn(-c2cccnc2)nc1Cl. The Kier molecular flexibility index (Phi) is 7.12. The minimum atomic E-state index is -4.37. The summed E-state index contributed by atoms with van der Waals surface area (Å²) in [5.41, 5.74) is 0.978. The van der Waals surface area contributed by atoms with E-state index in [9.17, 15) is 22.5 Å². The molecule has 0 aromatic carbocycles. The highest BCUT2D eigenvalue weighted by Gasteiger charge is 2.31. The van der Waals surface area contributed by atoms with Crippen molar-refractivity contribution in [1.29, 1.82) is 0 Å². The summed E-state index contributed by atoms with van der Waals surface area (Å²) in [6.07, 6.45) is -0.786. The van der Waals surface area contributed by atoms with Gasteiger partial charge in [0.2, 0.25) is 5.91 Å². The van der Waals surface area contributed by atoms with Crippen LogP contribution in [0, 0.1) is 5.92 Å². The van der Waals surface area contributed by atoms with Crippen LogP contribution in [0.15, 0.2) is 30.7 Å². The molecule has 27 heavy (non-hydrogen) atoms. The van der Waals surface area contributed by atoms with Crippen molar-refractivity contribution < 1.29 is 22.5 Å². The first kappa shape index (κ1) is 21.5. The summed E-state index contributed by atoms with van der Waals surface area (Å²) in [5.74, 6) is -1.83. The summed E-state index contributed by atoms with van der Waals surface area (Å²) in [6, 6.07) is 3.48. The number of hydrogen-bond donors (Lipinski definition) is 0. The zero-order valence-corrected chi connectivity index (χ0v) is 16.2. The number of anilines is 1. The molecule has 148 valence electrons. The first-order valence-corrected chi connectivity index (χ1v) is 9.80. The number of rotatable bonds is 7. The lowest BCUT2D eigenvalue weighted by atomic mass is 10.2. The van der Waals surface area contributed by atoms with Gasteiger partial charge in [-0.05, 0) is 19.1 Å². The summed E-state index contributed by atoms with van der Waals surface area (Å²) in [7, 11) is 1.48. The Morgan fingerprint density at radius 3 is 2.78 bits per heavy atom. The predicted octanol–water partition coefficient (Wildman–Crippen LogP) is 3.22. The highest BCUT2D eigenvalue weighted by atomic mass is 35.5. The normalized spacial score (nSPS) is 14.0. The molecule has 0 saturated carbocycles. The highest BCUT2D eigenvalue weighted by Crippen LogP contribution is 2.26. The molecule has 0 aliphatic carbocycles. The summed E-state index contributed by atoms with van der Waals surface area (Å²) < 4.78 is 49.9. The van der Waals surface area contributed by atoms with Gasteiger partial charge in [0.15, 0.2) is 5.15 Å². The molecule has 0 fully saturated rings. The van der Waals surface area contributed by atoms with Gasteiger partial charge in [-0.3, -0.25) is 9.78 Å². The van der Waals surface area contributed by atoms with Gasteiger partial charge >= 0.3 is 6.18 Å². The van der Waals surface area contributed by atoms with Gasteiger partial charge in [-0.1, -0.05) is 22.8 Å². The smallest absolute Gasteiger partial charge is 0.393 e. The Bertz CT molecular complexity index is 773. The fraction of sp³-hybridized carbons (Fsp3) is 0.438. The van der Waals surface area contributed by atoms with Gasteiger partial charge in [0.1, 0.15) is 17.2 Å². The Morgan fingerprint density at radius 2 is 2.19 bits per heavy atom. The second-order valence-electron chi connectivity index (χ2n) is 5.94. The van der Waals surface area contributed by atoms with Gasteiger partial charge in [0.05, 0.1) is 30.4 Å². The van der Waals surface area contributed by atoms with Crippen LogP contribution in [-0.4, -0.2) is 50.0 Å². The maximum Gasteiger partial charge on any atom is 0.393 e. The van der Waals surface area contributed by atoms with Crippen LogP contribution in [0.2, 0.25) is 5.15 Å². The number of carbonyl (C=O) groups excluding carboxylic acids is 1. The van der Waals surface area contributed by atoms with Crippen LogP contribution in [0.5, 0.6) is 0 Å². The maximum absolute atomic E-state index is 12.5. The van der Waals surface area contributed by atoms with E-state index in [0.717, 1.165) is 0 Å². The van der Waals surface area contributed by atoms with E-state index in [1.807, 2.05) is 0 Å². The van der Waals surface area contributed by atoms with Crippen molar-refractivity contribution in [3.8, 4) is 5.69 Å². The van der Waals surface area contributed by atoms with Crippen molar-refractivity contribution in [3.05, 3.63) is 35.9 Å². The molecular formula is C16H18ClF3N4O2S. The van der Waals surface area contributed by atoms with E-state index >= 15 is 0 Å². The predicted molar refractivity (Wildman–Crippen MR) is 97.5 cm³/mol. The van der Waals surface area contributed by atoms with Crippen LogP contribution in [0.1, 0.15) is 13.3 Å². The lowest BCUT2D eigenvalue weighted by Crippen LogP contribution is -2.35. The Morgan fingerprint density at radius 1 is 1.48 bits per heavy atom. The number of nitrogens with zero attached hydrogens (tertiary/aromatic N) is 4. The third-order valence-corrected chi connectivity index (χ3v) is 5.53. The molecular weight excluding hydrogens is 405 g/mol. The molecule has 2 unspecified atom stereocenters. The van der Waals surface area contributed by atoms with E-state index in [1.54, 1.807) is 30.7 Å². The third-order valence-electron chi connectivity index (χ3n) is 3.72. The van der Waals surface area contributed by atoms with E-state index in [0.29, 0.717) is 11.4 Å². The van der Waals surface area contributed by atoms with E-state index in [1.165, 1.54) is 23.6 Å². The summed E-state index contributed by atoms with van der Waals surface area (Å²) in [5, 5.41) is 4.21. The van der Waals surface area contributed by atoms with Crippen LogP contribution in [0.25, 0.3) is 5.69 Å². The molecule has 0 aliphatic rings. The van der Waals surface area contributed by atoms with Crippen LogP contribution in [0.4, 0.5) is 18.9 Å². The summed E-state index contributed by atoms with van der Waals surface area (Å²) >= 11 is 4.36. The first-order chi connectivity index (χ1) is 12.6. The monoisotopic (exact) mass is 422 g/mol. The highest BCUT2D eigenvalue weighted by molar-refractivity contribution is 7.91. The number of pyridine rings is 1. The molecule has 2 atom stereocenters. The second kappa shape index (κ2) is 8.94. The molecule has 1 amide bonds. The molecule has 2 aromatic rings. The van der Waals surface area contributed by atoms with Gasteiger partial charge in [0.25, 0.3) is 0 Å². The van der Waals surface area contributed by atoms with E-state index in [2.05, 4.69) is 10.1 Å². The van der Waals surface area contributed by atoms with Crippen molar-refractivity contribution in [3.63, 3.8) is 0 Å². The average molecular weight is 423 g/mol. The minimum absolute atomic E-state index is 0.0834. The van der Waals surface area contributed by atoms with Crippen molar-refractivity contribution in [2.24, 2.45) is 5.92 Å². The van der Waals surface area contributed by atoms with Crippen LogP contribution < -0.4 is 4.90 Å². The summed E-state index contributed by atoms with van der Waals surface area (Å²) in [6.45, 7) is 1.52.